The Bertz CT molecular complexity index is 1060. The number of hydrogen-bond acceptors (Lipinski definition) is 5. The number of nitrogens with one attached hydrogen (secondary N) is 1. The number of methoxy groups -OCH3 is 1. The van der Waals surface area contributed by atoms with Crippen molar-refractivity contribution >= 4 is 17.3 Å². The van der Waals surface area contributed by atoms with E-state index in [1.54, 1.807) is 12.0 Å². The molecule has 0 aromatic heterocycles. The lowest BCUT2D eigenvalue weighted by molar-refractivity contribution is 0.0974. The fourth-order valence-corrected chi connectivity index (χ4v) is 3.73. The molecule has 2 aliphatic rings. The fourth-order valence-electron chi connectivity index (χ4n) is 3.73. The van der Waals surface area contributed by atoms with E-state index < -0.39 is 0 Å². The summed E-state index contributed by atoms with van der Waals surface area (Å²) in [6.07, 6.45) is -0.387. The highest BCUT2D eigenvalue weighted by Gasteiger charge is 2.34. The Morgan fingerprint density at radius 1 is 0.966 bits per heavy atom. The molecule has 1 N–H and O–H groups in total. The number of carbonyl (C=O) groups is 1. The van der Waals surface area contributed by atoms with Gasteiger partial charge in [-0.15, -0.1) is 0 Å². The second kappa shape index (κ2) is 7.05. The predicted octanol–water partition coefficient (Wildman–Crippen LogP) is 4.24. The second-order valence-electron chi connectivity index (χ2n) is 6.87. The predicted molar refractivity (Wildman–Crippen MR) is 110 cm³/mol. The number of ether oxygens (including phenoxy) is 3. The number of amides is 1. The van der Waals surface area contributed by atoms with Crippen LogP contribution in [0.2, 0.25) is 0 Å². The van der Waals surface area contributed by atoms with Crippen molar-refractivity contribution in [3.63, 3.8) is 0 Å². The zero-order valence-electron chi connectivity index (χ0n) is 15.9. The monoisotopic (exact) mass is 388 g/mol. The average Bonchev–Trinajstić information content (AvgIpc) is 2.79. The van der Waals surface area contributed by atoms with E-state index in [1.165, 1.54) is 0 Å². The van der Waals surface area contributed by atoms with Crippen LogP contribution in [0, 0.1) is 0 Å². The topological polar surface area (TPSA) is 60.0 Å². The molecule has 1 amide bonds. The van der Waals surface area contributed by atoms with E-state index in [0.29, 0.717) is 24.5 Å². The lowest BCUT2D eigenvalue weighted by Crippen LogP contribution is -2.43. The molecule has 0 radical (unpaired) electrons. The number of rotatable bonds is 3. The van der Waals surface area contributed by atoms with Crippen LogP contribution in [0.25, 0.3) is 0 Å². The van der Waals surface area contributed by atoms with Crippen LogP contribution < -0.4 is 24.4 Å². The number of nitrogens with zero attached hydrogens (tertiary/aromatic N) is 1. The number of benzene rings is 3. The molecular formula is C23H20N2O4. The van der Waals surface area contributed by atoms with Crippen molar-refractivity contribution in [2.75, 3.05) is 30.5 Å². The van der Waals surface area contributed by atoms with E-state index in [0.717, 1.165) is 28.4 Å². The van der Waals surface area contributed by atoms with Crippen molar-refractivity contribution < 1.29 is 19.0 Å². The van der Waals surface area contributed by atoms with Crippen molar-refractivity contribution in [2.24, 2.45) is 0 Å². The van der Waals surface area contributed by atoms with E-state index in [-0.39, 0.29) is 12.1 Å². The highest BCUT2D eigenvalue weighted by molar-refractivity contribution is 6.12. The maximum Gasteiger partial charge on any atom is 0.262 e. The van der Waals surface area contributed by atoms with Gasteiger partial charge in [0, 0.05) is 11.4 Å². The standard InChI is InChI=1S/C23H20N2O4/c1-27-17-9-7-16(8-10-17)25-22(24-19-5-3-2-4-18(19)23(25)26)15-6-11-20-21(14-15)29-13-12-28-20/h2-11,14,22,24H,12-13H2,1H3/t22-/m1/s1. The first-order valence-electron chi connectivity index (χ1n) is 9.47. The third-order valence-electron chi connectivity index (χ3n) is 5.16. The molecule has 6 nitrogen and oxygen atoms in total. The average molecular weight is 388 g/mol. The van der Waals surface area contributed by atoms with E-state index in [4.69, 9.17) is 14.2 Å². The summed E-state index contributed by atoms with van der Waals surface area (Å²) in [6, 6.07) is 20.8. The SMILES string of the molecule is COc1ccc(N2C(=O)c3ccccc3N[C@H]2c2ccc3c(c2)OCCO3)cc1. The summed E-state index contributed by atoms with van der Waals surface area (Å²) in [4.78, 5) is 15.2. The van der Waals surface area contributed by atoms with Gasteiger partial charge in [0.2, 0.25) is 0 Å². The molecule has 2 aliphatic heterocycles. The van der Waals surface area contributed by atoms with E-state index in [9.17, 15) is 4.79 Å². The van der Waals surface area contributed by atoms with Crippen molar-refractivity contribution in [1.82, 2.24) is 0 Å². The molecule has 3 aromatic carbocycles. The Balaban J connectivity index is 1.61. The van der Waals surface area contributed by atoms with Crippen LogP contribution >= 0.6 is 0 Å². The third-order valence-corrected chi connectivity index (χ3v) is 5.16. The Morgan fingerprint density at radius 3 is 2.52 bits per heavy atom. The summed E-state index contributed by atoms with van der Waals surface area (Å²) in [5.41, 5.74) is 3.13. The second-order valence-corrected chi connectivity index (χ2v) is 6.87. The first-order chi connectivity index (χ1) is 14.2. The van der Waals surface area contributed by atoms with Crippen molar-refractivity contribution in [3.05, 3.63) is 77.9 Å². The summed E-state index contributed by atoms with van der Waals surface area (Å²) >= 11 is 0. The first kappa shape index (κ1) is 17.4. The Hall–Kier alpha value is -3.67. The van der Waals surface area contributed by atoms with Gasteiger partial charge in [-0.2, -0.15) is 0 Å². The quantitative estimate of drug-likeness (QED) is 0.727. The molecular weight excluding hydrogens is 368 g/mol. The van der Waals surface area contributed by atoms with Crippen LogP contribution in [0.5, 0.6) is 17.2 Å². The third kappa shape index (κ3) is 3.02. The Morgan fingerprint density at radius 2 is 1.72 bits per heavy atom. The molecule has 0 saturated carbocycles. The first-order valence-corrected chi connectivity index (χ1v) is 9.47. The summed E-state index contributed by atoms with van der Waals surface area (Å²) in [6.45, 7) is 1.05. The summed E-state index contributed by atoms with van der Waals surface area (Å²) in [5, 5.41) is 3.51. The van der Waals surface area contributed by atoms with Gasteiger partial charge in [0.25, 0.3) is 5.91 Å². The molecule has 0 saturated heterocycles. The van der Waals surface area contributed by atoms with Crippen LogP contribution in [-0.4, -0.2) is 26.2 Å². The number of carbonyl (C=O) groups excluding carboxylic acids is 1. The molecule has 0 bridgehead atoms. The molecule has 29 heavy (non-hydrogen) atoms. The zero-order chi connectivity index (χ0) is 19.8. The van der Waals surface area contributed by atoms with Gasteiger partial charge in [0.05, 0.1) is 12.7 Å². The molecule has 6 heteroatoms. The number of fused-ring (bicyclic) bond motifs is 2. The number of para-hydroxylation sites is 1. The van der Waals surface area contributed by atoms with Gasteiger partial charge in [0.15, 0.2) is 11.5 Å². The minimum atomic E-state index is -0.387. The molecule has 0 spiro atoms. The summed E-state index contributed by atoms with van der Waals surface area (Å²) in [7, 11) is 1.62. The summed E-state index contributed by atoms with van der Waals surface area (Å²) in [5.74, 6) is 2.09. The zero-order valence-corrected chi connectivity index (χ0v) is 15.9. The molecule has 5 rings (SSSR count). The highest BCUT2D eigenvalue weighted by atomic mass is 16.6. The minimum absolute atomic E-state index is 0.0654. The summed E-state index contributed by atoms with van der Waals surface area (Å²) < 4.78 is 16.7. The van der Waals surface area contributed by atoms with Gasteiger partial charge in [-0.25, -0.2) is 0 Å². The van der Waals surface area contributed by atoms with Crippen LogP contribution in [0.3, 0.4) is 0 Å². The minimum Gasteiger partial charge on any atom is -0.497 e. The maximum absolute atomic E-state index is 13.4. The van der Waals surface area contributed by atoms with Gasteiger partial charge in [-0.1, -0.05) is 18.2 Å². The van der Waals surface area contributed by atoms with Gasteiger partial charge in [-0.3, -0.25) is 9.69 Å². The van der Waals surface area contributed by atoms with Gasteiger partial charge >= 0.3 is 0 Å². The lowest BCUT2D eigenvalue weighted by atomic mass is 10.0. The lowest BCUT2D eigenvalue weighted by Gasteiger charge is -2.38. The van der Waals surface area contributed by atoms with Gasteiger partial charge in [-0.05, 0) is 54.1 Å². The van der Waals surface area contributed by atoms with Crippen LogP contribution in [0.1, 0.15) is 22.1 Å². The van der Waals surface area contributed by atoms with Gasteiger partial charge < -0.3 is 19.5 Å². The van der Waals surface area contributed by atoms with Crippen LogP contribution in [0.15, 0.2) is 66.7 Å². The molecule has 3 aromatic rings. The Labute approximate surface area is 168 Å². The molecule has 0 unspecified atom stereocenters. The molecule has 2 heterocycles. The molecule has 1 atom stereocenters. The maximum atomic E-state index is 13.4. The molecule has 0 aliphatic carbocycles. The highest BCUT2D eigenvalue weighted by Crippen LogP contribution is 2.40. The smallest absolute Gasteiger partial charge is 0.262 e. The van der Waals surface area contributed by atoms with E-state index >= 15 is 0 Å². The van der Waals surface area contributed by atoms with Crippen molar-refractivity contribution in [3.8, 4) is 17.2 Å². The Kier molecular flexibility index (Phi) is 4.24. The number of hydrogen-bond donors (Lipinski definition) is 1. The molecule has 146 valence electrons. The van der Waals surface area contributed by atoms with Gasteiger partial charge in [0.1, 0.15) is 25.1 Å². The number of anilines is 2. The van der Waals surface area contributed by atoms with Crippen LogP contribution in [0.4, 0.5) is 11.4 Å². The van der Waals surface area contributed by atoms with E-state index in [2.05, 4.69) is 5.32 Å². The normalized spacial score (nSPS) is 17.3. The molecule has 0 fully saturated rings. The van der Waals surface area contributed by atoms with Crippen LogP contribution in [-0.2, 0) is 0 Å². The van der Waals surface area contributed by atoms with Crippen molar-refractivity contribution in [1.29, 1.82) is 0 Å². The van der Waals surface area contributed by atoms with E-state index in [1.807, 2.05) is 66.7 Å². The fraction of sp³-hybridized carbons (Fsp3) is 0.174. The van der Waals surface area contributed by atoms with Crippen molar-refractivity contribution in [2.45, 2.75) is 6.17 Å². The largest absolute Gasteiger partial charge is 0.497 e.